The first kappa shape index (κ1) is 30.3. The van der Waals surface area contributed by atoms with Crippen LogP contribution in [-0.2, 0) is 0 Å². The molecule has 6 aromatic carbocycles. The Labute approximate surface area is 294 Å². The lowest BCUT2D eigenvalue weighted by Crippen LogP contribution is -2.31. The van der Waals surface area contributed by atoms with Gasteiger partial charge in [0.2, 0.25) is 0 Å². The molecule has 1 aliphatic heterocycles. The first-order valence-corrected chi connectivity index (χ1v) is 16.9. The van der Waals surface area contributed by atoms with Crippen molar-refractivity contribution < 1.29 is 9.59 Å². The summed E-state index contributed by atoms with van der Waals surface area (Å²) in [5.74, 6) is 0.937. The number of anilines is 1. The molecule has 7 nitrogen and oxygen atoms in total. The van der Waals surface area contributed by atoms with E-state index in [-0.39, 0.29) is 11.8 Å². The van der Waals surface area contributed by atoms with Crippen molar-refractivity contribution in [1.82, 2.24) is 19.5 Å². The Morgan fingerprint density at radius 2 is 1.06 bits per heavy atom. The largest absolute Gasteiger partial charge is 0.308 e. The summed E-state index contributed by atoms with van der Waals surface area (Å²) in [6, 6.07) is 43.5. The molecule has 9 rings (SSSR count). The van der Waals surface area contributed by atoms with Gasteiger partial charge in [-0.1, -0.05) is 115 Å². The van der Waals surface area contributed by atoms with Crippen molar-refractivity contribution in [3.8, 4) is 39.9 Å². The third kappa shape index (κ3) is 4.77. The van der Waals surface area contributed by atoms with Crippen molar-refractivity contribution in [3.63, 3.8) is 0 Å². The van der Waals surface area contributed by atoms with E-state index in [4.69, 9.17) is 15.0 Å². The van der Waals surface area contributed by atoms with Crippen LogP contribution in [0, 0.1) is 20.8 Å². The number of aryl methyl sites for hydroxylation is 3. The molecule has 0 atom stereocenters. The molecule has 0 saturated carbocycles. The standard InChI is InChI=1S/C44H31N5O2/c1-26-24-27(2)38(28(3)25-26)49-43(50)33-20-13-23-36(37(33)44(49)51)48-35-22-11-10-18-31(35)32-19-12-21-34(39(32)48)42-46-40(29-14-6-4-7-15-29)45-41(47-42)30-16-8-5-9-17-30/h4-25H,1-3H3. The molecule has 1 aliphatic rings. The van der Waals surface area contributed by atoms with Crippen LogP contribution in [0.2, 0.25) is 0 Å². The number of hydrogen-bond donors (Lipinski definition) is 0. The Morgan fingerprint density at radius 3 is 1.73 bits per heavy atom. The van der Waals surface area contributed by atoms with Gasteiger partial charge in [0.05, 0.1) is 33.5 Å². The lowest BCUT2D eigenvalue weighted by atomic mass is 10.0. The molecule has 8 aromatic rings. The van der Waals surface area contributed by atoms with Crippen LogP contribution >= 0.6 is 0 Å². The summed E-state index contributed by atoms with van der Waals surface area (Å²) in [5, 5.41) is 1.98. The van der Waals surface area contributed by atoms with E-state index >= 15 is 0 Å². The van der Waals surface area contributed by atoms with Crippen molar-refractivity contribution in [2.45, 2.75) is 20.8 Å². The summed E-state index contributed by atoms with van der Waals surface area (Å²) in [7, 11) is 0. The van der Waals surface area contributed by atoms with Gasteiger partial charge in [-0.25, -0.2) is 19.9 Å². The van der Waals surface area contributed by atoms with Gasteiger partial charge in [0.25, 0.3) is 11.8 Å². The zero-order valence-corrected chi connectivity index (χ0v) is 28.3. The zero-order chi connectivity index (χ0) is 34.8. The van der Waals surface area contributed by atoms with E-state index in [1.807, 2.05) is 136 Å². The van der Waals surface area contributed by atoms with Crippen LogP contribution in [0.5, 0.6) is 0 Å². The average Bonchev–Trinajstić information content (AvgIpc) is 3.63. The Hall–Kier alpha value is -6.73. The normalized spacial score (nSPS) is 12.6. The van der Waals surface area contributed by atoms with E-state index in [0.717, 1.165) is 55.2 Å². The number of para-hydroxylation sites is 2. The fourth-order valence-corrected chi connectivity index (χ4v) is 7.56. The van der Waals surface area contributed by atoms with Crippen molar-refractivity contribution in [2.75, 3.05) is 4.90 Å². The predicted molar refractivity (Wildman–Crippen MR) is 202 cm³/mol. The molecule has 3 heterocycles. The van der Waals surface area contributed by atoms with E-state index in [2.05, 4.69) is 16.7 Å². The topological polar surface area (TPSA) is 81.0 Å². The molecule has 0 spiro atoms. The minimum atomic E-state index is -0.345. The van der Waals surface area contributed by atoms with Crippen LogP contribution < -0.4 is 4.90 Å². The zero-order valence-electron chi connectivity index (χ0n) is 28.3. The third-order valence-corrected chi connectivity index (χ3v) is 9.63. The van der Waals surface area contributed by atoms with Crippen molar-refractivity contribution in [1.29, 1.82) is 0 Å². The Balaban J connectivity index is 1.33. The maximum Gasteiger partial charge on any atom is 0.268 e. The number of carbonyl (C=O) groups is 2. The number of imide groups is 1. The van der Waals surface area contributed by atoms with Gasteiger partial charge in [-0.3, -0.25) is 9.59 Å². The molecule has 0 aliphatic carbocycles. The SMILES string of the molecule is Cc1cc(C)c(N2C(=O)c3cccc(-n4c5ccccc5c5cccc(-c6nc(-c7ccccc7)nc(-c7ccccc7)n6)c54)c3C2=O)c(C)c1. The number of fused-ring (bicyclic) bond motifs is 4. The van der Waals surface area contributed by atoms with Gasteiger partial charge in [0.15, 0.2) is 17.5 Å². The molecule has 0 radical (unpaired) electrons. The first-order valence-electron chi connectivity index (χ1n) is 16.9. The van der Waals surface area contributed by atoms with Crippen molar-refractivity contribution >= 4 is 39.3 Å². The van der Waals surface area contributed by atoms with Gasteiger partial charge in [-0.15, -0.1) is 0 Å². The number of hydrogen-bond acceptors (Lipinski definition) is 5. The van der Waals surface area contributed by atoms with Crippen LogP contribution in [0.3, 0.4) is 0 Å². The van der Waals surface area contributed by atoms with Crippen LogP contribution in [0.15, 0.2) is 133 Å². The monoisotopic (exact) mass is 661 g/mol. The van der Waals surface area contributed by atoms with Gasteiger partial charge >= 0.3 is 0 Å². The van der Waals surface area contributed by atoms with Gasteiger partial charge in [0.1, 0.15) is 0 Å². The Bertz CT molecular complexity index is 2630. The Kier molecular flexibility index (Phi) is 6.96. The highest BCUT2D eigenvalue weighted by Crippen LogP contribution is 2.42. The summed E-state index contributed by atoms with van der Waals surface area (Å²) >= 11 is 0. The fourth-order valence-electron chi connectivity index (χ4n) is 7.56. The number of aromatic nitrogens is 4. The summed E-state index contributed by atoms with van der Waals surface area (Å²) in [5.41, 5.74) is 9.07. The maximum absolute atomic E-state index is 14.6. The predicted octanol–water partition coefficient (Wildman–Crippen LogP) is 9.70. The van der Waals surface area contributed by atoms with E-state index in [0.29, 0.717) is 40.0 Å². The molecule has 244 valence electrons. The fraction of sp³-hybridized carbons (Fsp3) is 0.0682. The van der Waals surface area contributed by atoms with Gasteiger partial charge in [-0.2, -0.15) is 0 Å². The van der Waals surface area contributed by atoms with Crippen LogP contribution in [-0.4, -0.2) is 31.3 Å². The second-order valence-electron chi connectivity index (χ2n) is 13.0. The Morgan fingerprint density at radius 1 is 0.510 bits per heavy atom. The van der Waals surface area contributed by atoms with Crippen LogP contribution in [0.25, 0.3) is 61.7 Å². The molecule has 2 aromatic heterocycles. The summed E-state index contributed by atoms with van der Waals surface area (Å²) < 4.78 is 2.09. The highest BCUT2D eigenvalue weighted by molar-refractivity contribution is 6.36. The van der Waals surface area contributed by atoms with Gasteiger partial charge in [0, 0.05) is 27.5 Å². The first-order chi connectivity index (χ1) is 24.9. The lowest BCUT2D eigenvalue weighted by molar-refractivity contribution is 0.0925. The molecule has 0 unspecified atom stereocenters. The number of carbonyl (C=O) groups excluding carboxylic acids is 2. The second-order valence-corrected chi connectivity index (χ2v) is 13.0. The summed E-state index contributed by atoms with van der Waals surface area (Å²) in [6.45, 7) is 5.91. The van der Waals surface area contributed by atoms with E-state index in [9.17, 15) is 9.59 Å². The van der Waals surface area contributed by atoms with E-state index in [1.54, 1.807) is 6.07 Å². The molecule has 0 fully saturated rings. The minimum Gasteiger partial charge on any atom is -0.308 e. The van der Waals surface area contributed by atoms with Crippen LogP contribution in [0.4, 0.5) is 5.69 Å². The number of benzene rings is 6. The molecule has 0 N–H and O–H groups in total. The van der Waals surface area contributed by atoms with Gasteiger partial charge < -0.3 is 4.57 Å². The third-order valence-electron chi connectivity index (χ3n) is 9.63. The molecule has 51 heavy (non-hydrogen) atoms. The highest BCUT2D eigenvalue weighted by Gasteiger charge is 2.40. The smallest absolute Gasteiger partial charge is 0.268 e. The lowest BCUT2D eigenvalue weighted by Gasteiger charge is -2.20. The van der Waals surface area contributed by atoms with Crippen molar-refractivity contribution in [2.24, 2.45) is 0 Å². The molecule has 0 bridgehead atoms. The van der Waals surface area contributed by atoms with Gasteiger partial charge in [-0.05, 0) is 56.2 Å². The molecule has 2 amide bonds. The number of nitrogens with zero attached hydrogens (tertiary/aromatic N) is 5. The minimum absolute atomic E-state index is 0.328. The van der Waals surface area contributed by atoms with Crippen molar-refractivity contribution in [3.05, 3.63) is 161 Å². The average molecular weight is 662 g/mol. The quantitative estimate of drug-likeness (QED) is 0.172. The summed E-state index contributed by atoms with van der Waals surface area (Å²) in [4.78, 5) is 45.1. The summed E-state index contributed by atoms with van der Waals surface area (Å²) in [6.07, 6.45) is 0. The van der Waals surface area contributed by atoms with E-state index < -0.39 is 0 Å². The maximum atomic E-state index is 14.6. The highest BCUT2D eigenvalue weighted by atomic mass is 16.2. The number of amides is 2. The molecule has 0 saturated heterocycles. The molecular formula is C44H31N5O2. The van der Waals surface area contributed by atoms with Crippen LogP contribution in [0.1, 0.15) is 37.4 Å². The molecule has 7 heteroatoms. The molecular weight excluding hydrogens is 631 g/mol. The van der Waals surface area contributed by atoms with E-state index in [1.165, 1.54) is 4.90 Å². The number of rotatable bonds is 5. The second kappa shape index (κ2) is 11.7.